The van der Waals surface area contributed by atoms with Crippen molar-refractivity contribution in [2.24, 2.45) is 0 Å². The highest BCUT2D eigenvalue weighted by Crippen LogP contribution is 2.36. The average Bonchev–Trinajstić information content (AvgIpc) is 2.49. The van der Waals surface area contributed by atoms with Crippen molar-refractivity contribution < 1.29 is 9.18 Å². The summed E-state index contributed by atoms with van der Waals surface area (Å²) in [7, 11) is 0. The topological polar surface area (TPSA) is 40.9 Å². The molecule has 0 aromatic heterocycles. The molecule has 0 N–H and O–H groups in total. The summed E-state index contributed by atoms with van der Waals surface area (Å²) in [5.41, 5.74) is 0.358. The number of carbonyl (C=O) groups excluding carboxylic acids is 1. The third-order valence-electron chi connectivity index (χ3n) is 2.94. The summed E-state index contributed by atoms with van der Waals surface area (Å²) in [6.07, 6.45) is -0.106. The lowest BCUT2D eigenvalue weighted by Gasteiger charge is -2.05. The predicted molar refractivity (Wildman–Crippen MR) is 53.4 cm³/mol. The summed E-state index contributed by atoms with van der Waals surface area (Å²) in [4.78, 5) is 11.7. The van der Waals surface area contributed by atoms with Crippen LogP contribution in [0.4, 0.5) is 4.39 Å². The summed E-state index contributed by atoms with van der Waals surface area (Å²) >= 11 is 0. The molecule has 0 saturated heterocycles. The molecule has 0 heterocycles. The van der Waals surface area contributed by atoms with E-state index in [1.165, 1.54) is 6.07 Å². The summed E-state index contributed by atoms with van der Waals surface area (Å²) < 4.78 is 13.9. The van der Waals surface area contributed by atoms with Gasteiger partial charge in [-0.25, -0.2) is 4.39 Å². The number of alkyl halides is 1. The Morgan fingerprint density at radius 1 is 1.40 bits per heavy atom. The van der Waals surface area contributed by atoms with Crippen LogP contribution in [-0.2, 0) is 6.42 Å². The van der Waals surface area contributed by atoms with Crippen molar-refractivity contribution >= 4 is 5.78 Å². The van der Waals surface area contributed by atoms with Crippen LogP contribution in [0.25, 0.3) is 0 Å². The van der Waals surface area contributed by atoms with Crippen molar-refractivity contribution in [3.05, 3.63) is 34.4 Å². The highest BCUT2D eigenvalue weighted by molar-refractivity contribution is 6.10. The number of aryl methyl sites for hydroxylation is 2. The molecule has 15 heavy (non-hydrogen) atoms. The third kappa shape index (κ3) is 1.18. The van der Waals surface area contributed by atoms with Gasteiger partial charge in [-0.3, -0.25) is 4.79 Å². The van der Waals surface area contributed by atoms with E-state index in [-0.39, 0.29) is 6.42 Å². The molecule has 1 aliphatic carbocycles. The van der Waals surface area contributed by atoms with Gasteiger partial charge in [0.15, 0.2) is 0 Å². The second-order valence-electron chi connectivity index (χ2n) is 3.97. The van der Waals surface area contributed by atoms with Crippen LogP contribution in [-0.4, -0.2) is 11.5 Å². The van der Waals surface area contributed by atoms with Crippen LogP contribution in [0.1, 0.15) is 27.0 Å². The highest BCUT2D eigenvalue weighted by atomic mass is 19.1. The Balaban J connectivity index is 2.70. The molecule has 3 heteroatoms. The molecule has 1 atom stereocenters. The normalized spacial score (nSPS) is 23.7. The molecule has 0 amide bonds. The van der Waals surface area contributed by atoms with Gasteiger partial charge in [-0.15, -0.1) is 0 Å². The van der Waals surface area contributed by atoms with Crippen molar-refractivity contribution in [2.75, 3.05) is 0 Å². The summed E-state index contributed by atoms with van der Waals surface area (Å²) in [5.74, 6) is -0.679. The summed E-state index contributed by atoms with van der Waals surface area (Å²) in [6, 6.07) is 5.11. The molecule has 1 aromatic carbocycles. The van der Waals surface area contributed by atoms with E-state index in [0.29, 0.717) is 11.1 Å². The number of nitrogens with zero attached hydrogens (tertiary/aromatic N) is 1. The molecule has 0 bridgehead atoms. The lowest BCUT2D eigenvalue weighted by Crippen LogP contribution is -2.28. The summed E-state index contributed by atoms with van der Waals surface area (Å²) in [5, 5.41) is 8.70. The minimum absolute atomic E-state index is 0.106. The fourth-order valence-corrected chi connectivity index (χ4v) is 2.03. The first-order chi connectivity index (χ1) is 6.99. The van der Waals surface area contributed by atoms with E-state index in [9.17, 15) is 9.18 Å². The lowest BCUT2D eigenvalue weighted by atomic mass is 10.00. The molecule has 2 nitrogen and oxygen atoms in total. The van der Waals surface area contributed by atoms with Crippen molar-refractivity contribution in [3.63, 3.8) is 0 Å². The van der Waals surface area contributed by atoms with E-state index in [4.69, 9.17) is 5.26 Å². The van der Waals surface area contributed by atoms with E-state index >= 15 is 0 Å². The van der Waals surface area contributed by atoms with Gasteiger partial charge in [0.25, 0.3) is 5.67 Å². The fraction of sp³-hybridized carbons (Fsp3) is 0.333. The highest BCUT2D eigenvalue weighted by Gasteiger charge is 2.47. The second-order valence-corrected chi connectivity index (χ2v) is 3.97. The van der Waals surface area contributed by atoms with Crippen molar-refractivity contribution in [3.8, 4) is 6.07 Å². The molecule has 0 radical (unpaired) electrons. The summed E-state index contributed by atoms with van der Waals surface area (Å²) in [6.45, 7) is 3.59. The zero-order valence-electron chi connectivity index (χ0n) is 8.60. The van der Waals surface area contributed by atoms with Crippen LogP contribution >= 0.6 is 0 Å². The van der Waals surface area contributed by atoms with Gasteiger partial charge in [0.05, 0.1) is 0 Å². The van der Waals surface area contributed by atoms with Gasteiger partial charge in [0, 0.05) is 12.0 Å². The number of hydrogen-bond acceptors (Lipinski definition) is 2. The maximum Gasteiger partial charge on any atom is 0.261 e. The third-order valence-corrected chi connectivity index (χ3v) is 2.94. The van der Waals surface area contributed by atoms with Gasteiger partial charge in [0.2, 0.25) is 5.78 Å². The van der Waals surface area contributed by atoms with Crippen LogP contribution < -0.4 is 0 Å². The van der Waals surface area contributed by atoms with Crippen LogP contribution in [0.3, 0.4) is 0 Å². The molecular weight excluding hydrogens is 193 g/mol. The Bertz CT molecular complexity index is 501. The van der Waals surface area contributed by atoms with E-state index < -0.39 is 11.5 Å². The Kier molecular flexibility index (Phi) is 1.90. The Labute approximate surface area is 87.3 Å². The standard InChI is InChI=1S/C12H10FNO/c1-7-3-4-8(2)10-9(7)5-12(13,6-14)11(10)15/h3-4H,5H2,1-2H3/t12-/m1/s1. The lowest BCUT2D eigenvalue weighted by molar-refractivity contribution is 0.0819. The second kappa shape index (κ2) is 2.90. The number of halogens is 1. The number of Topliss-reactive ketones (excluding diaryl/α,β-unsaturated/α-hetero) is 1. The molecule has 1 aliphatic rings. The molecule has 2 rings (SSSR count). The van der Waals surface area contributed by atoms with Crippen molar-refractivity contribution in [2.45, 2.75) is 25.9 Å². The van der Waals surface area contributed by atoms with Gasteiger partial charge in [-0.1, -0.05) is 12.1 Å². The zero-order valence-corrected chi connectivity index (χ0v) is 8.60. The Morgan fingerprint density at radius 3 is 2.53 bits per heavy atom. The van der Waals surface area contributed by atoms with E-state index in [1.54, 1.807) is 13.0 Å². The first kappa shape index (κ1) is 9.85. The van der Waals surface area contributed by atoms with Crippen LogP contribution in [0, 0.1) is 25.2 Å². The smallest absolute Gasteiger partial charge is 0.261 e. The quantitative estimate of drug-likeness (QED) is 0.649. The fourth-order valence-electron chi connectivity index (χ4n) is 2.03. The SMILES string of the molecule is Cc1ccc(C)c2c1C[C@@](F)(C#N)C2=O. The number of nitriles is 1. The van der Waals surface area contributed by atoms with Gasteiger partial charge in [-0.2, -0.15) is 5.26 Å². The molecule has 1 aromatic rings. The average molecular weight is 203 g/mol. The zero-order chi connectivity index (χ0) is 11.2. The number of ketones is 1. The Morgan fingerprint density at radius 2 is 2.00 bits per heavy atom. The number of carbonyl (C=O) groups is 1. The monoisotopic (exact) mass is 203 g/mol. The number of rotatable bonds is 0. The number of hydrogen-bond donors (Lipinski definition) is 0. The van der Waals surface area contributed by atoms with Crippen molar-refractivity contribution in [1.29, 1.82) is 5.26 Å². The van der Waals surface area contributed by atoms with E-state index in [0.717, 1.165) is 11.1 Å². The first-order valence-corrected chi connectivity index (χ1v) is 4.73. The molecule has 0 fully saturated rings. The maximum absolute atomic E-state index is 13.9. The first-order valence-electron chi connectivity index (χ1n) is 4.73. The van der Waals surface area contributed by atoms with Gasteiger partial charge in [-0.05, 0) is 30.5 Å². The van der Waals surface area contributed by atoms with Crippen LogP contribution in [0.2, 0.25) is 0 Å². The number of fused-ring (bicyclic) bond motifs is 1. The molecule has 0 unspecified atom stereocenters. The van der Waals surface area contributed by atoms with Gasteiger partial charge >= 0.3 is 0 Å². The molecule has 0 aliphatic heterocycles. The van der Waals surface area contributed by atoms with E-state index in [2.05, 4.69) is 0 Å². The largest absolute Gasteiger partial charge is 0.289 e. The van der Waals surface area contributed by atoms with Gasteiger partial charge < -0.3 is 0 Å². The molecule has 76 valence electrons. The van der Waals surface area contributed by atoms with E-state index in [1.807, 2.05) is 13.0 Å². The van der Waals surface area contributed by atoms with Gasteiger partial charge in [0.1, 0.15) is 6.07 Å². The van der Waals surface area contributed by atoms with Crippen LogP contribution in [0.15, 0.2) is 12.1 Å². The minimum Gasteiger partial charge on any atom is -0.289 e. The maximum atomic E-state index is 13.9. The van der Waals surface area contributed by atoms with Crippen LogP contribution in [0.5, 0.6) is 0 Å². The molecule has 0 spiro atoms. The number of benzene rings is 1. The molecular formula is C12H10FNO. The molecule has 0 saturated carbocycles. The minimum atomic E-state index is -2.35. The Hall–Kier alpha value is -1.69. The van der Waals surface area contributed by atoms with Crippen molar-refractivity contribution in [1.82, 2.24) is 0 Å². The predicted octanol–water partition coefficient (Wildman–Crippen LogP) is 2.27.